The van der Waals surface area contributed by atoms with Crippen LogP contribution in [0, 0.1) is 11.3 Å². The highest BCUT2D eigenvalue weighted by molar-refractivity contribution is 4.91. The topological polar surface area (TPSA) is 21.3 Å². The first-order chi connectivity index (χ1) is 10.3. The average Bonchev–Trinajstić information content (AvgIpc) is 3.34. The zero-order valence-corrected chi connectivity index (χ0v) is 14.5. The Bertz CT molecular complexity index is 267. The van der Waals surface area contributed by atoms with E-state index in [4.69, 9.17) is 4.74 Å². The molecule has 21 heavy (non-hydrogen) atoms. The van der Waals surface area contributed by atoms with Crippen LogP contribution in [0.25, 0.3) is 0 Å². The van der Waals surface area contributed by atoms with E-state index in [0.29, 0.717) is 5.41 Å². The first kappa shape index (κ1) is 17.3. The molecule has 124 valence electrons. The lowest BCUT2D eigenvalue weighted by Gasteiger charge is -2.41. The van der Waals surface area contributed by atoms with Crippen molar-refractivity contribution in [2.45, 2.75) is 90.5 Å². The Balaban J connectivity index is 1.75. The Morgan fingerprint density at radius 1 is 1.05 bits per heavy atom. The highest BCUT2D eigenvalue weighted by Crippen LogP contribution is 2.43. The second kappa shape index (κ2) is 9.15. The van der Waals surface area contributed by atoms with Crippen molar-refractivity contribution in [3.63, 3.8) is 0 Å². The summed E-state index contributed by atoms with van der Waals surface area (Å²) < 4.78 is 5.56. The van der Waals surface area contributed by atoms with Crippen LogP contribution in [0.1, 0.15) is 84.5 Å². The predicted octanol–water partition coefficient (Wildman–Crippen LogP) is 4.92. The number of nitrogens with one attached hydrogen (secondary N) is 1. The normalized spacial score (nSPS) is 29.7. The van der Waals surface area contributed by atoms with Crippen LogP contribution < -0.4 is 5.32 Å². The maximum absolute atomic E-state index is 5.56. The van der Waals surface area contributed by atoms with Crippen LogP contribution in [-0.4, -0.2) is 25.8 Å². The maximum Gasteiger partial charge on any atom is 0.0466 e. The second-order valence-electron chi connectivity index (χ2n) is 7.54. The molecule has 0 spiro atoms. The van der Waals surface area contributed by atoms with Crippen molar-refractivity contribution in [1.29, 1.82) is 0 Å². The summed E-state index contributed by atoms with van der Waals surface area (Å²) in [5.41, 5.74) is 0.586. The molecule has 0 aliphatic heterocycles. The van der Waals surface area contributed by atoms with E-state index in [9.17, 15) is 0 Å². The van der Waals surface area contributed by atoms with E-state index in [2.05, 4.69) is 19.2 Å². The fourth-order valence-electron chi connectivity index (χ4n) is 3.93. The Kier molecular flexibility index (Phi) is 7.53. The molecule has 0 saturated heterocycles. The van der Waals surface area contributed by atoms with Crippen molar-refractivity contribution in [1.82, 2.24) is 5.32 Å². The Morgan fingerprint density at radius 3 is 2.43 bits per heavy atom. The fourth-order valence-corrected chi connectivity index (χ4v) is 3.93. The molecule has 0 unspecified atom stereocenters. The molecule has 2 heteroatoms. The van der Waals surface area contributed by atoms with Gasteiger partial charge in [-0.25, -0.2) is 0 Å². The van der Waals surface area contributed by atoms with Crippen molar-refractivity contribution in [2.24, 2.45) is 11.3 Å². The summed E-state index contributed by atoms with van der Waals surface area (Å²) in [6, 6.07) is 0.853. The number of ether oxygens (including phenoxy) is 1. The van der Waals surface area contributed by atoms with Crippen LogP contribution in [0.3, 0.4) is 0 Å². The molecule has 0 amide bonds. The molecule has 2 fully saturated rings. The van der Waals surface area contributed by atoms with Crippen molar-refractivity contribution in [3.05, 3.63) is 0 Å². The molecule has 0 bridgehead atoms. The van der Waals surface area contributed by atoms with Gasteiger partial charge in [0.15, 0.2) is 0 Å². The van der Waals surface area contributed by atoms with E-state index < -0.39 is 0 Å². The molecule has 0 aromatic rings. The third kappa shape index (κ3) is 6.28. The van der Waals surface area contributed by atoms with Gasteiger partial charge in [0.1, 0.15) is 0 Å². The minimum atomic E-state index is 0.586. The molecule has 0 heterocycles. The molecule has 2 aliphatic carbocycles. The molecule has 0 radical (unpaired) electrons. The minimum absolute atomic E-state index is 0.586. The largest absolute Gasteiger partial charge is 0.382 e. The third-order valence-electron chi connectivity index (χ3n) is 5.67. The van der Waals surface area contributed by atoms with E-state index in [1.54, 1.807) is 0 Å². The summed E-state index contributed by atoms with van der Waals surface area (Å²) in [5, 5.41) is 3.83. The van der Waals surface area contributed by atoms with Crippen LogP contribution in [0.4, 0.5) is 0 Å². The van der Waals surface area contributed by atoms with Gasteiger partial charge in [0, 0.05) is 25.8 Å². The minimum Gasteiger partial charge on any atom is -0.382 e. The summed E-state index contributed by atoms with van der Waals surface area (Å²) >= 11 is 0. The van der Waals surface area contributed by atoms with E-state index in [1.807, 2.05) is 0 Å². The van der Waals surface area contributed by atoms with Gasteiger partial charge >= 0.3 is 0 Å². The van der Waals surface area contributed by atoms with Gasteiger partial charge in [-0.15, -0.1) is 0 Å². The lowest BCUT2D eigenvalue weighted by atomic mass is 9.67. The Hall–Kier alpha value is -0.0800. The molecule has 2 nitrogen and oxygen atoms in total. The lowest BCUT2D eigenvalue weighted by molar-refractivity contribution is 0.0938. The smallest absolute Gasteiger partial charge is 0.0466 e. The Labute approximate surface area is 132 Å². The van der Waals surface area contributed by atoms with Crippen molar-refractivity contribution >= 4 is 0 Å². The Morgan fingerprint density at radius 2 is 1.81 bits per heavy atom. The molecule has 2 saturated carbocycles. The molecule has 2 aliphatic rings. The highest BCUT2D eigenvalue weighted by Gasteiger charge is 2.36. The van der Waals surface area contributed by atoms with Crippen molar-refractivity contribution in [3.8, 4) is 0 Å². The first-order valence-electron chi connectivity index (χ1n) is 9.59. The summed E-state index contributed by atoms with van der Waals surface area (Å²) in [6.07, 6.45) is 15.6. The quantitative estimate of drug-likeness (QED) is 0.546. The molecular formula is C19H37NO. The number of rotatable bonds is 11. The average molecular weight is 296 g/mol. The van der Waals surface area contributed by atoms with Gasteiger partial charge in [-0.05, 0) is 69.6 Å². The molecule has 0 aromatic heterocycles. The molecule has 2 rings (SSSR count). The molecule has 0 atom stereocenters. The van der Waals surface area contributed by atoms with Gasteiger partial charge in [0.05, 0.1) is 0 Å². The van der Waals surface area contributed by atoms with Crippen LogP contribution in [0.5, 0.6) is 0 Å². The van der Waals surface area contributed by atoms with E-state index in [1.165, 1.54) is 77.2 Å². The lowest BCUT2D eigenvalue weighted by Crippen LogP contribution is -2.38. The maximum atomic E-state index is 5.56. The molecule has 0 aromatic carbocycles. The van der Waals surface area contributed by atoms with Crippen LogP contribution in [0.2, 0.25) is 0 Å². The van der Waals surface area contributed by atoms with Gasteiger partial charge in [-0.3, -0.25) is 0 Å². The number of hydrogen-bond acceptors (Lipinski definition) is 2. The van der Waals surface area contributed by atoms with E-state index in [-0.39, 0.29) is 0 Å². The van der Waals surface area contributed by atoms with Gasteiger partial charge in [-0.2, -0.15) is 0 Å². The number of unbranched alkanes of at least 4 members (excludes halogenated alkanes) is 1. The summed E-state index contributed by atoms with van der Waals surface area (Å²) in [5.74, 6) is 1.02. The standard InChI is InChI=1S/C19H37NO/c1-3-5-7-17-10-13-19(14-11-17,12-6-15-21-4-2)16-20-18-8-9-18/h17-18,20H,3-16H2,1-2H3. The highest BCUT2D eigenvalue weighted by atomic mass is 16.5. The van der Waals surface area contributed by atoms with Gasteiger partial charge in [0.2, 0.25) is 0 Å². The van der Waals surface area contributed by atoms with Gasteiger partial charge in [0.25, 0.3) is 0 Å². The summed E-state index contributed by atoms with van der Waals surface area (Å²) in [6.45, 7) is 7.52. The third-order valence-corrected chi connectivity index (χ3v) is 5.67. The SMILES string of the molecule is CCCCC1CCC(CCCOCC)(CNC2CC2)CC1. The predicted molar refractivity (Wildman–Crippen MR) is 90.7 cm³/mol. The van der Waals surface area contributed by atoms with Gasteiger partial charge < -0.3 is 10.1 Å². The van der Waals surface area contributed by atoms with E-state index >= 15 is 0 Å². The van der Waals surface area contributed by atoms with Crippen LogP contribution >= 0.6 is 0 Å². The number of hydrogen-bond donors (Lipinski definition) is 1. The second-order valence-corrected chi connectivity index (χ2v) is 7.54. The van der Waals surface area contributed by atoms with E-state index in [0.717, 1.165) is 25.2 Å². The first-order valence-corrected chi connectivity index (χ1v) is 9.59. The monoisotopic (exact) mass is 295 g/mol. The van der Waals surface area contributed by atoms with Crippen LogP contribution in [-0.2, 0) is 4.74 Å². The molecular weight excluding hydrogens is 258 g/mol. The zero-order chi connectivity index (χ0) is 15.0. The van der Waals surface area contributed by atoms with Gasteiger partial charge in [-0.1, -0.05) is 26.2 Å². The summed E-state index contributed by atoms with van der Waals surface area (Å²) in [7, 11) is 0. The van der Waals surface area contributed by atoms with Crippen molar-refractivity contribution < 1.29 is 4.74 Å². The van der Waals surface area contributed by atoms with Crippen molar-refractivity contribution in [2.75, 3.05) is 19.8 Å². The zero-order valence-electron chi connectivity index (χ0n) is 14.5. The summed E-state index contributed by atoms with van der Waals surface area (Å²) in [4.78, 5) is 0. The molecule has 1 N–H and O–H groups in total. The fraction of sp³-hybridized carbons (Fsp3) is 1.00. The van der Waals surface area contributed by atoms with Crippen LogP contribution in [0.15, 0.2) is 0 Å².